The first kappa shape index (κ1) is 7.31. The van der Waals surface area contributed by atoms with Gasteiger partial charge in [-0.05, 0) is 6.07 Å². The average molecular weight is 141 g/mol. The van der Waals surface area contributed by atoms with E-state index in [4.69, 9.17) is 14.9 Å². The largest absolute Gasteiger partial charge is 0.467 e. The van der Waals surface area contributed by atoms with E-state index in [1.807, 2.05) is 6.07 Å². The molecule has 1 rings (SSSR count). The molecule has 1 heterocycles. The lowest BCUT2D eigenvalue weighted by atomic mass is 10.2. The van der Waals surface area contributed by atoms with Crippen LogP contribution in [-0.2, 0) is 17.9 Å². The summed E-state index contributed by atoms with van der Waals surface area (Å²) in [7, 11) is 1.63. The van der Waals surface area contributed by atoms with Crippen LogP contribution in [0.3, 0.4) is 0 Å². The third-order valence-corrected chi connectivity index (χ3v) is 1.33. The number of hydrogen-bond acceptors (Lipinski definition) is 3. The Kier molecular flexibility index (Phi) is 2.48. The van der Waals surface area contributed by atoms with Gasteiger partial charge in [0.05, 0.1) is 6.26 Å². The van der Waals surface area contributed by atoms with E-state index in [-0.39, 0.29) is 0 Å². The summed E-state index contributed by atoms with van der Waals surface area (Å²) in [4.78, 5) is 0. The highest BCUT2D eigenvalue weighted by Crippen LogP contribution is 2.09. The van der Waals surface area contributed by atoms with E-state index in [0.717, 1.165) is 11.3 Å². The summed E-state index contributed by atoms with van der Waals surface area (Å²) < 4.78 is 9.97. The quantitative estimate of drug-likeness (QED) is 0.679. The highest BCUT2D eigenvalue weighted by atomic mass is 16.5. The van der Waals surface area contributed by atoms with Gasteiger partial charge in [-0.1, -0.05) is 0 Å². The molecule has 2 N–H and O–H groups in total. The van der Waals surface area contributed by atoms with E-state index in [0.29, 0.717) is 13.2 Å². The van der Waals surface area contributed by atoms with Gasteiger partial charge < -0.3 is 14.9 Å². The Morgan fingerprint density at radius 1 is 1.70 bits per heavy atom. The van der Waals surface area contributed by atoms with Gasteiger partial charge in [-0.25, -0.2) is 0 Å². The van der Waals surface area contributed by atoms with Gasteiger partial charge >= 0.3 is 0 Å². The van der Waals surface area contributed by atoms with Gasteiger partial charge in [0, 0.05) is 19.2 Å². The lowest BCUT2D eigenvalue weighted by molar-refractivity contribution is 0.163. The number of nitrogens with two attached hydrogens (primary N) is 1. The first-order chi connectivity index (χ1) is 4.88. The van der Waals surface area contributed by atoms with Gasteiger partial charge in [0.25, 0.3) is 0 Å². The van der Waals surface area contributed by atoms with E-state index in [1.165, 1.54) is 0 Å². The molecular formula is C7H11NO2. The number of furan rings is 1. The monoisotopic (exact) mass is 141 g/mol. The first-order valence-corrected chi connectivity index (χ1v) is 3.12. The van der Waals surface area contributed by atoms with Crippen LogP contribution in [0.2, 0.25) is 0 Å². The topological polar surface area (TPSA) is 48.4 Å². The molecule has 10 heavy (non-hydrogen) atoms. The van der Waals surface area contributed by atoms with Gasteiger partial charge in [-0.2, -0.15) is 0 Å². The smallest absolute Gasteiger partial charge is 0.133 e. The summed E-state index contributed by atoms with van der Waals surface area (Å²) in [6, 6.07) is 1.86. The SMILES string of the molecule is COCc1occc1CN. The maximum atomic E-state index is 5.41. The van der Waals surface area contributed by atoms with Crippen molar-refractivity contribution in [3.8, 4) is 0 Å². The van der Waals surface area contributed by atoms with Crippen LogP contribution in [0.25, 0.3) is 0 Å². The molecule has 0 atom stereocenters. The van der Waals surface area contributed by atoms with Crippen molar-refractivity contribution in [2.45, 2.75) is 13.2 Å². The van der Waals surface area contributed by atoms with Crippen molar-refractivity contribution >= 4 is 0 Å². The summed E-state index contributed by atoms with van der Waals surface area (Å²) in [6.07, 6.45) is 1.62. The fourth-order valence-corrected chi connectivity index (χ4v) is 0.807. The minimum Gasteiger partial charge on any atom is -0.467 e. The van der Waals surface area contributed by atoms with Crippen molar-refractivity contribution in [3.63, 3.8) is 0 Å². The second-order valence-electron chi connectivity index (χ2n) is 2.01. The van der Waals surface area contributed by atoms with Gasteiger partial charge in [0.2, 0.25) is 0 Å². The number of hydrogen-bond donors (Lipinski definition) is 1. The third kappa shape index (κ3) is 1.37. The number of methoxy groups -OCH3 is 1. The normalized spacial score (nSPS) is 10.2. The highest BCUT2D eigenvalue weighted by Gasteiger charge is 2.01. The minimum absolute atomic E-state index is 0.500. The Morgan fingerprint density at radius 3 is 3.10 bits per heavy atom. The molecule has 0 aliphatic carbocycles. The minimum atomic E-state index is 0.500. The molecule has 0 saturated heterocycles. The van der Waals surface area contributed by atoms with Crippen LogP contribution >= 0.6 is 0 Å². The summed E-state index contributed by atoms with van der Waals surface area (Å²) in [5.74, 6) is 0.824. The standard InChI is InChI=1S/C7H11NO2/c1-9-5-7-6(4-8)2-3-10-7/h2-3H,4-5,8H2,1H3. The Morgan fingerprint density at radius 2 is 2.50 bits per heavy atom. The summed E-state index contributed by atoms with van der Waals surface area (Å²) in [6.45, 7) is 1.01. The van der Waals surface area contributed by atoms with Crippen LogP contribution in [0.1, 0.15) is 11.3 Å². The molecule has 0 aromatic carbocycles. The molecule has 56 valence electrons. The van der Waals surface area contributed by atoms with Crippen LogP contribution < -0.4 is 5.73 Å². The van der Waals surface area contributed by atoms with E-state index in [2.05, 4.69) is 0 Å². The summed E-state index contributed by atoms with van der Waals surface area (Å²) in [5, 5.41) is 0. The molecule has 1 aromatic heterocycles. The lowest BCUT2D eigenvalue weighted by Crippen LogP contribution is -1.98. The molecule has 0 spiro atoms. The molecule has 0 amide bonds. The van der Waals surface area contributed by atoms with Crippen molar-refractivity contribution in [1.82, 2.24) is 0 Å². The van der Waals surface area contributed by atoms with E-state index >= 15 is 0 Å². The Hall–Kier alpha value is -0.800. The van der Waals surface area contributed by atoms with Crippen LogP contribution in [0.5, 0.6) is 0 Å². The third-order valence-electron chi connectivity index (χ3n) is 1.33. The molecule has 0 unspecified atom stereocenters. The van der Waals surface area contributed by atoms with Crippen LogP contribution in [0.4, 0.5) is 0 Å². The van der Waals surface area contributed by atoms with Crippen LogP contribution in [0.15, 0.2) is 16.7 Å². The summed E-state index contributed by atoms with van der Waals surface area (Å²) >= 11 is 0. The second kappa shape index (κ2) is 3.39. The summed E-state index contributed by atoms with van der Waals surface area (Å²) in [5.41, 5.74) is 6.43. The van der Waals surface area contributed by atoms with E-state index in [9.17, 15) is 0 Å². The maximum Gasteiger partial charge on any atom is 0.133 e. The molecule has 0 aliphatic rings. The Bertz CT molecular complexity index is 195. The Balaban J connectivity index is 2.70. The van der Waals surface area contributed by atoms with Crippen LogP contribution in [0, 0.1) is 0 Å². The van der Waals surface area contributed by atoms with Crippen molar-refractivity contribution in [3.05, 3.63) is 23.7 Å². The van der Waals surface area contributed by atoms with Gasteiger partial charge in [-0.3, -0.25) is 0 Å². The maximum absolute atomic E-state index is 5.41. The predicted molar refractivity (Wildman–Crippen MR) is 37.3 cm³/mol. The van der Waals surface area contributed by atoms with Crippen molar-refractivity contribution < 1.29 is 9.15 Å². The van der Waals surface area contributed by atoms with Gasteiger partial charge in [-0.15, -0.1) is 0 Å². The molecule has 0 aliphatic heterocycles. The van der Waals surface area contributed by atoms with Gasteiger partial charge in [0.1, 0.15) is 12.4 Å². The first-order valence-electron chi connectivity index (χ1n) is 3.12. The highest BCUT2D eigenvalue weighted by molar-refractivity contribution is 5.15. The van der Waals surface area contributed by atoms with Crippen LogP contribution in [-0.4, -0.2) is 7.11 Å². The lowest BCUT2D eigenvalue weighted by Gasteiger charge is -1.96. The predicted octanol–water partition coefficient (Wildman–Crippen LogP) is 0.885. The molecule has 0 bridgehead atoms. The number of rotatable bonds is 3. The zero-order chi connectivity index (χ0) is 7.40. The number of ether oxygens (including phenoxy) is 1. The molecule has 0 saturated carbocycles. The van der Waals surface area contributed by atoms with Crippen molar-refractivity contribution in [1.29, 1.82) is 0 Å². The molecule has 3 heteroatoms. The average Bonchev–Trinajstić information content (AvgIpc) is 2.36. The molecule has 0 radical (unpaired) electrons. The fourth-order valence-electron chi connectivity index (χ4n) is 0.807. The van der Waals surface area contributed by atoms with Crippen molar-refractivity contribution in [2.24, 2.45) is 5.73 Å². The van der Waals surface area contributed by atoms with E-state index < -0.39 is 0 Å². The molecule has 1 aromatic rings. The zero-order valence-electron chi connectivity index (χ0n) is 5.96. The van der Waals surface area contributed by atoms with E-state index in [1.54, 1.807) is 13.4 Å². The fraction of sp³-hybridized carbons (Fsp3) is 0.429. The van der Waals surface area contributed by atoms with Gasteiger partial charge in [0.15, 0.2) is 0 Å². The second-order valence-corrected chi connectivity index (χ2v) is 2.01. The Labute approximate surface area is 59.8 Å². The molecule has 0 fully saturated rings. The zero-order valence-corrected chi connectivity index (χ0v) is 5.96. The molecular weight excluding hydrogens is 130 g/mol. The van der Waals surface area contributed by atoms with Crippen molar-refractivity contribution in [2.75, 3.05) is 7.11 Å². The molecule has 3 nitrogen and oxygen atoms in total.